The molecule has 246 valence electrons. The molecule has 0 bridgehead atoms. The van der Waals surface area contributed by atoms with Gasteiger partial charge in [-0.25, -0.2) is 8.42 Å². The number of benzene rings is 4. The van der Waals surface area contributed by atoms with Crippen molar-refractivity contribution in [3.8, 4) is 0 Å². The van der Waals surface area contributed by atoms with Crippen LogP contribution >= 0.6 is 0 Å². The third kappa shape index (κ3) is 8.49. The van der Waals surface area contributed by atoms with Crippen molar-refractivity contribution >= 4 is 27.5 Å². The summed E-state index contributed by atoms with van der Waals surface area (Å²) in [4.78, 5) is 30.7. The van der Waals surface area contributed by atoms with Gasteiger partial charge in [0.2, 0.25) is 11.8 Å². The van der Waals surface area contributed by atoms with E-state index < -0.39 is 28.5 Å². The van der Waals surface area contributed by atoms with Crippen molar-refractivity contribution in [1.29, 1.82) is 0 Å². The van der Waals surface area contributed by atoms with E-state index in [0.29, 0.717) is 12.1 Å². The molecule has 0 aliphatic heterocycles. The van der Waals surface area contributed by atoms with Crippen molar-refractivity contribution in [2.24, 2.45) is 0 Å². The van der Waals surface area contributed by atoms with Gasteiger partial charge in [0, 0.05) is 19.0 Å². The highest BCUT2D eigenvalue weighted by Gasteiger charge is 2.36. The maximum Gasteiger partial charge on any atom is 0.264 e. The third-order valence-corrected chi connectivity index (χ3v) is 10.9. The van der Waals surface area contributed by atoms with Crippen LogP contribution in [0.1, 0.15) is 59.9 Å². The van der Waals surface area contributed by atoms with Crippen LogP contribution in [0.2, 0.25) is 0 Å². The van der Waals surface area contributed by atoms with Gasteiger partial charge in [-0.2, -0.15) is 0 Å². The lowest BCUT2D eigenvalue weighted by molar-refractivity contribution is -0.140. The maximum absolute atomic E-state index is 14.7. The van der Waals surface area contributed by atoms with Crippen molar-refractivity contribution in [3.63, 3.8) is 0 Å². The first-order valence-electron chi connectivity index (χ1n) is 16.5. The van der Waals surface area contributed by atoms with Gasteiger partial charge in [-0.15, -0.1) is 0 Å². The van der Waals surface area contributed by atoms with E-state index in [2.05, 4.69) is 5.32 Å². The number of amides is 2. The van der Waals surface area contributed by atoms with E-state index in [9.17, 15) is 18.0 Å². The molecule has 1 atom stereocenters. The maximum atomic E-state index is 14.7. The molecular weight excluding hydrogens is 607 g/mol. The molecule has 1 saturated carbocycles. The number of anilines is 1. The van der Waals surface area contributed by atoms with Crippen molar-refractivity contribution in [3.05, 3.63) is 131 Å². The lowest BCUT2D eigenvalue weighted by Crippen LogP contribution is -2.55. The van der Waals surface area contributed by atoms with Crippen LogP contribution in [0.15, 0.2) is 108 Å². The SMILES string of the molecule is Cc1ccc(CN(C(=O)CN(c2cccc(C)c2C)S(=O)(=O)c2ccccc2)C(Cc2ccccc2)C(=O)NC2CCCCC2)cc1. The van der Waals surface area contributed by atoms with Crippen LogP contribution in [-0.4, -0.2) is 43.8 Å². The Morgan fingerprint density at radius 3 is 2.06 bits per heavy atom. The summed E-state index contributed by atoms with van der Waals surface area (Å²) in [5.41, 5.74) is 4.97. The fraction of sp³-hybridized carbons (Fsp3) is 0.333. The largest absolute Gasteiger partial charge is 0.352 e. The molecule has 1 fully saturated rings. The summed E-state index contributed by atoms with van der Waals surface area (Å²) in [5, 5.41) is 3.26. The number of hydrogen-bond donors (Lipinski definition) is 1. The van der Waals surface area contributed by atoms with Gasteiger partial charge in [-0.1, -0.05) is 110 Å². The van der Waals surface area contributed by atoms with Gasteiger partial charge >= 0.3 is 0 Å². The fourth-order valence-corrected chi connectivity index (χ4v) is 7.72. The Bertz CT molecular complexity index is 1750. The highest BCUT2D eigenvalue weighted by atomic mass is 32.2. The van der Waals surface area contributed by atoms with Crippen LogP contribution in [-0.2, 0) is 32.6 Å². The molecule has 1 unspecified atom stereocenters. The molecular formula is C39H45N3O4S. The van der Waals surface area contributed by atoms with E-state index in [1.165, 1.54) is 16.4 Å². The molecule has 8 heteroatoms. The summed E-state index contributed by atoms with van der Waals surface area (Å²) in [7, 11) is -4.14. The van der Waals surface area contributed by atoms with Gasteiger partial charge in [0.05, 0.1) is 10.6 Å². The minimum Gasteiger partial charge on any atom is -0.352 e. The number of carbonyl (C=O) groups is 2. The van der Waals surface area contributed by atoms with Gasteiger partial charge < -0.3 is 10.2 Å². The zero-order chi connectivity index (χ0) is 33.4. The minimum absolute atomic E-state index is 0.0516. The Labute approximate surface area is 279 Å². The number of aryl methyl sites for hydroxylation is 2. The Balaban J connectivity index is 1.58. The first-order valence-corrected chi connectivity index (χ1v) is 17.9. The molecule has 1 aliphatic rings. The molecule has 1 aliphatic carbocycles. The van der Waals surface area contributed by atoms with Gasteiger partial charge in [0.25, 0.3) is 10.0 Å². The highest BCUT2D eigenvalue weighted by molar-refractivity contribution is 7.92. The molecule has 0 radical (unpaired) electrons. The van der Waals surface area contributed by atoms with Crippen LogP contribution in [0, 0.1) is 20.8 Å². The Kier molecular flexibility index (Phi) is 11.1. The second-order valence-electron chi connectivity index (χ2n) is 12.6. The smallest absolute Gasteiger partial charge is 0.264 e. The number of nitrogens with one attached hydrogen (secondary N) is 1. The molecule has 7 nitrogen and oxygen atoms in total. The molecule has 47 heavy (non-hydrogen) atoms. The van der Waals surface area contributed by atoms with Crippen molar-refractivity contribution in [2.45, 2.75) is 82.8 Å². The van der Waals surface area contributed by atoms with Crippen LogP contribution in [0.3, 0.4) is 0 Å². The number of hydrogen-bond acceptors (Lipinski definition) is 4. The van der Waals surface area contributed by atoms with E-state index in [1.807, 2.05) is 81.4 Å². The van der Waals surface area contributed by atoms with Crippen LogP contribution < -0.4 is 9.62 Å². The van der Waals surface area contributed by atoms with Gasteiger partial charge in [-0.05, 0) is 74.1 Å². The molecule has 0 spiro atoms. The summed E-state index contributed by atoms with van der Waals surface area (Å²) < 4.78 is 29.8. The molecule has 4 aromatic carbocycles. The predicted octanol–water partition coefficient (Wildman–Crippen LogP) is 6.90. The van der Waals surface area contributed by atoms with E-state index in [-0.39, 0.29) is 23.4 Å². The predicted molar refractivity (Wildman–Crippen MR) is 188 cm³/mol. The topological polar surface area (TPSA) is 86.8 Å². The van der Waals surface area contributed by atoms with Gasteiger partial charge in [-0.3, -0.25) is 13.9 Å². The summed E-state index contributed by atoms with van der Waals surface area (Å²) in [5.74, 6) is -0.670. The Morgan fingerprint density at radius 1 is 0.766 bits per heavy atom. The fourth-order valence-electron chi connectivity index (χ4n) is 6.23. The second-order valence-corrected chi connectivity index (χ2v) is 14.5. The number of nitrogens with zero attached hydrogens (tertiary/aromatic N) is 2. The second kappa shape index (κ2) is 15.4. The molecule has 1 N–H and O–H groups in total. The average Bonchev–Trinajstić information content (AvgIpc) is 3.08. The van der Waals surface area contributed by atoms with Crippen LogP contribution in [0.25, 0.3) is 0 Å². The first-order chi connectivity index (χ1) is 22.6. The third-order valence-electron chi connectivity index (χ3n) is 9.15. The first kappa shape index (κ1) is 33.9. The molecule has 4 aromatic rings. The molecule has 2 amide bonds. The van der Waals surface area contributed by atoms with E-state index >= 15 is 0 Å². The quantitative estimate of drug-likeness (QED) is 0.181. The molecule has 0 saturated heterocycles. The van der Waals surface area contributed by atoms with Gasteiger partial charge in [0.15, 0.2) is 0 Å². The normalized spacial score (nSPS) is 14.3. The van der Waals surface area contributed by atoms with Crippen molar-refractivity contribution in [2.75, 3.05) is 10.8 Å². The van der Waals surface area contributed by atoms with E-state index in [1.54, 1.807) is 35.2 Å². The lowest BCUT2D eigenvalue weighted by Gasteiger charge is -2.35. The zero-order valence-corrected chi connectivity index (χ0v) is 28.4. The molecule has 0 aromatic heterocycles. The minimum atomic E-state index is -4.14. The number of rotatable bonds is 12. The van der Waals surface area contributed by atoms with E-state index in [0.717, 1.165) is 59.9 Å². The van der Waals surface area contributed by atoms with Crippen molar-refractivity contribution < 1.29 is 18.0 Å². The Morgan fingerprint density at radius 2 is 1.40 bits per heavy atom. The zero-order valence-electron chi connectivity index (χ0n) is 27.6. The molecule has 0 heterocycles. The number of carbonyl (C=O) groups excluding carboxylic acids is 2. The standard InChI is InChI=1S/C39H45N3O4S/c1-29-22-24-33(25-23-29)27-41(37(26-32-15-7-4-8-16-32)39(44)40-34-17-9-5-10-18-34)38(43)28-42(36-21-13-14-30(2)31(36)3)47(45,46)35-19-11-6-12-20-35/h4,6-8,11-16,19-25,34,37H,5,9-10,17-18,26-28H2,1-3H3,(H,40,44). The average molecular weight is 652 g/mol. The monoisotopic (exact) mass is 651 g/mol. The highest BCUT2D eigenvalue weighted by Crippen LogP contribution is 2.29. The summed E-state index contributed by atoms with van der Waals surface area (Å²) in [6, 6.07) is 30.4. The lowest BCUT2D eigenvalue weighted by atomic mass is 9.94. The summed E-state index contributed by atoms with van der Waals surface area (Å²) >= 11 is 0. The van der Waals surface area contributed by atoms with Crippen LogP contribution in [0.5, 0.6) is 0 Å². The summed E-state index contributed by atoms with van der Waals surface area (Å²) in [6.07, 6.45) is 5.38. The summed E-state index contributed by atoms with van der Waals surface area (Å²) in [6.45, 7) is 5.47. The Hall–Kier alpha value is -4.43. The van der Waals surface area contributed by atoms with Crippen molar-refractivity contribution in [1.82, 2.24) is 10.2 Å². The molecule has 5 rings (SSSR count). The van der Waals surface area contributed by atoms with E-state index in [4.69, 9.17) is 0 Å². The van der Waals surface area contributed by atoms with Crippen LogP contribution in [0.4, 0.5) is 5.69 Å². The number of sulfonamides is 1. The van der Waals surface area contributed by atoms with Gasteiger partial charge in [0.1, 0.15) is 12.6 Å².